The lowest BCUT2D eigenvalue weighted by molar-refractivity contribution is 0.587. The summed E-state index contributed by atoms with van der Waals surface area (Å²) in [5, 5.41) is 2.59. The van der Waals surface area contributed by atoms with Gasteiger partial charge in [0, 0.05) is 5.69 Å². The standard InChI is InChI=1S/C14H23N3O2S.HI/c1-10(2)20(18,19)6-5-16-14(15)17-13-8-11(3)7-12(4)9-13;/h7-10H,5-6H2,1-4H3,(H3,15,16,17);1H. The first-order chi connectivity index (χ1) is 9.20. The largest absolute Gasteiger partial charge is 0.370 e. The van der Waals surface area contributed by atoms with Crippen molar-refractivity contribution in [1.82, 2.24) is 0 Å². The molecule has 0 aliphatic carbocycles. The van der Waals surface area contributed by atoms with Crippen LogP contribution in [0.4, 0.5) is 5.69 Å². The quantitative estimate of drug-likeness (QED) is 0.431. The molecular weight excluding hydrogens is 401 g/mol. The second kappa shape index (κ2) is 8.57. The molecule has 7 heteroatoms. The van der Waals surface area contributed by atoms with Crippen molar-refractivity contribution in [1.29, 1.82) is 0 Å². The van der Waals surface area contributed by atoms with Crippen molar-refractivity contribution in [3.05, 3.63) is 29.3 Å². The van der Waals surface area contributed by atoms with E-state index in [0.29, 0.717) is 0 Å². The summed E-state index contributed by atoms with van der Waals surface area (Å²) in [7, 11) is -3.07. The molecule has 0 aliphatic heterocycles. The highest BCUT2D eigenvalue weighted by atomic mass is 127. The number of guanidine groups is 1. The average molecular weight is 425 g/mol. The van der Waals surface area contributed by atoms with E-state index < -0.39 is 9.84 Å². The maximum atomic E-state index is 11.6. The smallest absolute Gasteiger partial charge is 0.193 e. The summed E-state index contributed by atoms with van der Waals surface area (Å²) < 4.78 is 23.3. The van der Waals surface area contributed by atoms with Crippen LogP contribution in [0.5, 0.6) is 0 Å². The molecular formula is C14H24IN3O2S. The van der Waals surface area contributed by atoms with Crippen LogP contribution in [0.25, 0.3) is 0 Å². The molecule has 5 nitrogen and oxygen atoms in total. The van der Waals surface area contributed by atoms with Gasteiger partial charge in [-0.2, -0.15) is 0 Å². The van der Waals surface area contributed by atoms with Gasteiger partial charge >= 0.3 is 0 Å². The Labute approximate surface area is 144 Å². The van der Waals surface area contributed by atoms with Crippen LogP contribution < -0.4 is 11.1 Å². The lowest BCUT2D eigenvalue weighted by Crippen LogP contribution is -2.25. The fraction of sp³-hybridized carbons (Fsp3) is 0.500. The molecule has 0 saturated heterocycles. The van der Waals surface area contributed by atoms with Crippen LogP contribution in [-0.4, -0.2) is 31.9 Å². The number of benzene rings is 1. The third-order valence-electron chi connectivity index (χ3n) is 2.87. The number of halogens is 1. The van der Waals surface area contributed by atoms with Crippen molar-refractivity contribution >= 4 is 45.5 Å². The van der Waals surface area contributed by atoms with Crippen molar-refractivity contribution in [2.75, 3.05) is 17.6 Å². The number of hydrogen-bond donors (Lipinski definition) is 2. The number of hydrogen-bond acceptors (Lipinski definition) is 3. The second-order valence-electron chi connectivity index (χ2n) is 5.18. The lowest BCUT2D eigenvalue weighted by Gasteiger charge is -2.09. The molecule has 0 radical (unpaired) electrons. The first-order valence-electron chi connectivity index (χ1n) is 6.57. The van der Waals surface area contributed by atoms with Crippen molar-refractivity contribution in [3.8, 4) is 0 Å². The maximum absolute atomic E-state index is 11.6. The van der Waals surface area contributed by atoms with Gasteiger partial charge < -0.3 is 11.1 Å². The third kappa shape index (κ3) is 7.12. The fourth-order valence-corrected chi connectivity index (χ4v) is 2.58. The molecule has 0 unspecified atom stereocenters. The van der Waals surface area contributed by atoms with E-state index in [4.69, 9.17) is 5.73 Å². The van der Waals surface area contributed by atoms with Gasteiger partial charge in [0.05, 0.1) is 17.5 Å². The lowest BCUT2D eigenvalue weighted by atomic mass is 10.1. The predicted octanol–water partition coefficient (Wildman–Crippen LogP) is 2.47. The van der Waals surface area contributed by atoms with Crippen LogP contribution in [0.2, 0.25) is 0 Å². The van der Waals surface area contributed by atoms with Crippen LogP contribution in [0.1, 0.15) is 25.0 Å². The van der Waals surface area contributed by atoms with E-state index in [9.17, 15) is 8.42 Å². The summed E-state index contributed by atoms with van der Waals surface area (Å²) in [6.45, 7) is 7.50. The average Bonchev–Trinajstić information content (AvgIpc) is 2.26. The Hall–Kier alpha value is -0.830. The Kier molecular flexibility index (Phi) is 8.23. The molecule has 1 aromatic rings. The van der Waals surface area contributed by atoms with Crippen LogP contribution in [-0.2, 0) is 9.84 Å². The summed E-state index contributed by atoms with van der Waals surface area (Å²) in [5.74, 6) is 0.244. The highest BCUT2D eigenvalue weighted by Crippen LogP contribution is 2.13. The summed E-state index contributed by atoms with van der Waals surface area (Å²) >= 11 is 0. The van der Waals surface area contributed by atoms with Crippen LogP contribution >= 0.6 is 24.0 Å². The minimum absolute atomic E-state index is 0. The molecule has 0 heterocycles. The van der Waals surface area contributed by atoms with Crippen molar-refractivity contribution in [3.63, 3.8) is 0 Å². The van der Waals surface area contributed by atoms with Gasteiger partial charge in [-0.05, 0) is 51.0 Å². The monoisotopic (exact) mass is 425 g/mol. The van der Waals surface area contributed by atoms with E-state index in [2.05, 4.69) is 16.4 Å². The Morgan fingerprint density at radius 3 is 2.24 bits per heavy atom. The summed E-state index contributed by atoms with van der Waals surface area (Å²) in [5.41, 5.74) is 8.87. The highest BCUT2D eigenvalue weighted by molar-refractivity contribution is 14.0. The number of anilines is 1. The molecule has 0 aliphatic rings. The molecule has 21 heavy (non-hydrogen) atoms. The SMILES string of the molecule is Cc1cc(C)cc(NC(N)=NCCS(=O)(=O)C(C)C)c1.I. The van der Waals surface area contributed by atoms with Crippen molar-refractivity contribution in [2.24, 2.45) is 10.7 Å². The van der Waals surface area contributed by atoms with E-state index >= 15 is 0 Å². The molecule has 1 rings (SSSR count). The minimum Gasteiger partial charge on any atom is -0.370 e. The van der Waals surface area contributed by atoms with Crippen LogP contribution in [0.15, 0.2) is 23.2 Å². The first-order valence-corrected chi connectivity index (χ1v) is 8.29. The predicted molar refractivity (Wildman–Crippen MR) is 100 cm³/mol. The number of rotatable bonds is 5. The molecule has 0 saturated carbocycles. The van der Waals surface area contributed by atoms with Crippen molar-refractivity contribution in [2.45, 2.75) is 32.9 Å². The minimum atomic E-state index is -3.07. The third-order valence-corrected chi connectivity index (χ3v) is 5.06. The van der Waals surface area contributed by atoms with E-state index in [1.165, 1.54) is 0 Å². The zero-order chi connectivity index (χ0) is 15.3. The number of nitrogens with zero attached hydrogens (tertiary/aromatic N) is 1. The zero-order valence-corrected chi connectivity index (χ0v) is 16.0. The number of nitrogens with one attached hydrogen (secondary N) is 1. The molecule has 0 aromatic heterocycles. The molecule has 1 aromatic carbocycles. The molecule has 0 fully saturated rings. The molecule has 3 N–H and O–H groups in total. The summed E-state index contributed by atoms with van der Waals surface area (Å²) in [4.78, 5) is 4.05. The number of sulfone groups is 1. The molecule has 0 spiro atoms. The number of aryl methyl sites for hydroxylation is 2. The normalized spacial score (nSPS) is 12.1. The van der Waals surface area contributed by atoms with E-state index in [-0.39, 0.29) is 47.5 Å². The second-order valence-corrected chi connectivity index (χ2v) is 7.86. The van der Waals surface area contributed by atoms with E-state index in [1.807, 2.05) is 26.0 Å². The number of aliphatic imine (C=N–C) groups is 1. The molecule has 0 amide bonds. The Balaban J connectivity index is 0.00000400. The van der Waals surface area contributed by atoms with Gasteiger partial charge in [0.25, 0.3) is 0 Å². The van der Waals surface area contributed by atoms with Gasteiger partial charge in [0.2, 0.25) is 0 Å². The van der Waals surface area contributed by atoms with Crippen LogP contribution in [0.3, 0.4) is 0 Å². The van der Waals surface area contributed by atoms with Gasteiger partial charge in [-0.3, -0.25) is 4.99 Å². The van der Waals surface area contributed by atoms with Crippen molar-refractivity contribution < 1.29 is 8.42 Å². The highest BCUT2D eigenvalue weighted by Gasteiger charge is 2.14. The van der Waals surface area contributed by atoms with Gasteiger partial charge in [-0.15, -0.1) is 24.0 Å². The Morgan fingerprint density at radius 1 is 1.24 bits per heavy atom. The number of nitrogens with two attached hydrogens (primary N) is 1. The maximum Gasteiger partial charge on any atom is 0.193 e. The van der Waals surface area contributed by atoms with Gasteiger partial charge in [0.15, 0.2) is 15.8 Å². The molecule has 120 valence electrons. The topological polar surface area (TPSA) is 84.5 Å². The fourth-order valence-electron chi connectivity index (χ4n) is 1.76. The van der Waals surface area contributed by atoms with Gasteiger partial charge in [-0.25, -0.2) is 8.42 Å². The summed E-state index contributed by atoms with van der Waals surface area (Å²) in [6, 6.07) is 5.98. The Morgan fingerprint density at radius 2 is 1.76 bits per heavy atom. The van der Waals surface area contributed by atoms with E-state index in [1.54, 1.807) is 13.8 Å². The summed E-state index contributed by atoms with van der Waals surface area (Å²) in [6.07, 6.45) is 0. The van der Waals surface area contributed by atoms with Gasteiger partial charge in [-0.1, -0.05) is 6.07 Å². The van der Waals surface area contributed by atoms with Crippen LogP contribution in [0, 0.1) is 13.8 Å². The Bertz CT molecular complexity index is 578. The molecule has 0 atom stereocenters. The van der Waals surface area contributed by atoms with Gasteiger partial charge in [0.1, 0.15) is 0 Å². The zero-order valence-electron chi connectivity index (χ0n) is 12.9. The van der Waals surface area contributed by atoms with E-state index in [0.717, 1.165) is 16.8 Å². The first kappa shape index (κ1) is 20.2. The molecule has 0 bridgehead atoms.